The van der Waals surface area contributed by atoms with Crippen LogP contribution in [0.4, 0.5) is 10.5 Å². The van der Waals surface area contributed by atoms with Crippen molar-refractivity contribution in [2.45, 2.75) is 6.10 Å². The maximum absolute atomic E-state index is 12.1. The lowest BCUT2D eigenvalue weighted by atomic mass is 10.2. The first-order valence-electron chi connectivity index (χ1n) is 6.26. The summed E-state index contributed by atoms with van der Waals surface area (Å²) in [6.45, 7) is 2.52. The first-order valence-corrected chi connectivity index (χ1v) is 6.64. The highest BCUT2D eigenvalue weighted by Gasteiger charge is 2.23. The molecule has 0 bridgehead atoms. The van der Waals surface area contributed by atoms with Crippen LogP contribution in [-0.2, 0) is 4.74 Å². The lowest BCUT2D eigenvalue weighted by Crippen LogP contribution is -2.49. The van der Waals surface area contributed by atoms with Crippen LogP contribution in [0.5, 0.6) is 0 Å². The molecule has 0 saturated carbocycles. The van der Waals surface area contributed by atoms with Gasteiger partial charge < -0.3 is 20.3 Å². The number of benzene rings is 1. The number of carbonyl (C=O) groups excluding carboxylic acids is 1. The summed E-state index contributed by atoms with van der Waals surface area (Å²) in [6.07, 6.45) is 0.0507. The molecule has 1 aromatic rings. The van der Waals surface area contributed by atoms with E-state index < -0.39 is 0 Å². The molecule has 2 amide bonds. The number of carbonyl (C=O) groups is 1. The number of amides is 2. The molecule has 0 spiro atoms. The zero-order chi connectivity index (χ0) is 13.7. The highest BCUT2D eigenvalue weighted by Crippen LogP contribution is 2.14. The van der Waals surface area contributed by atoms with Crippen molar-refractivity contribution < 1.29 is 9.53 Å². The molecule has 104 valence electrons. The summed E-state index contributed by atoms with van der Waals surface area (Å²) in [5.74, 6) is 0. The van der Waals surface area contributed by atoms with Gasteiger partial charge in [0.1, 0.15) is 0 Å². The normalized spacial score (nSPS) is 19.3. The average molecular weight is 284 g/mol. The van der Waals surface area contributed by atoms with Crippen LogP contribution < -0.4 is 10.6 Å². The second kappa shape index (κ2) is 6.75. The maximum Gasteiger partial charge on any atom is 0.322 e. The molecule has 0 aromatic heterocycles. The van der Waals surface area contributed by atoms with Crippen LogP contribution >= 0.6 is 11.6 Å². The lowest BCUT2D eigenvalue weighted by Gasteiger charge is -2.32. The maximum atomic E-state index is 12.1. The van der Waals surface area contributed by atoms with Crippen LogP contribution in [-0.4, -0.2) is 50.3 Å². The standard InChI is InChI=1S/C13H18ClN3O2/c1-15-8-12-9-17(6-7-19-12)13(18)16-11-4-2-10(14)3-5-11/h2-5,12,15H,6-9H2,1H3,(H,16,18). The zero-order valence-electron chi connectivity index (χ0n) is 10.9. The van der Waals surface area contributed by atoms with Crippen molar-refractivity contribution in [1.29, 1.82) is 0 Å². The van der Waals surface area contributed by atoms with Gasteiger partial charge in [-0.1, -0.05) is 11.6 Å². The second-order valence-electron chi connectivity index (χ2n) is 4.43. The topological polar surface area (TPSA) is 53.6 Å². The van der Waals surface area contributed by atoms with E-state index in [2.05, 4.69) is 10.6 Å². The summed E-state index contributed by atoms with van der Waals surface area (Å²) in [6, 6.07) is 6.96. The molecule has 1 atom stereocenters. The molecular weight excluding hydrogens is 266 g/mol. The Bertz CT molecular complexity index is 422. The zero-order valence-corrected chi connectivity index (χ0v) is 11.6. The fourth-order valence-electron chi connectivity index (χ4n) is 1.99. The predicted molar refractivity (Wildman–Crippen MR) is 75.7 cm³/mol. The van der Waals surface area contributed by atoms with Crippen molar-refractivity contribution in [2.24, 2.45) is 0 Å². The van der Waals surface area contributed by atoms with Crippen molar-refractivity contribution >= 4 is 23.3 Å². The predicted octanol–water partition coefficient (Wildman–Crippen LogP) is 1.79. The fourth-order valence-corrected chi connectivity index (χ4v) is 2.12. The van der Waals surface area contributed by atoms with Crippen LogP contribution in [0.15, 0.2) is 24.3 Å². The Labute approximate surface area is 117 Å². The van der Waals surface area contributed by atoms with E-state index in [0.717, 1.165) is 12.2 Å². The molecule has 19 heavy (non-hydrogen) atoms. The van der Waals surface area contributed by atoms with E-state index in [1.165, 1.54) is 0 Å². The molecule has 1 fully saturated rings. The van der Waals surface area contributed by atoms with Gasteiger partial charge in [-0.3, -0.25) is 0 Å². The Kier molecular flexibility index (Phi) is 5.01. The SMILES string of the molecule is CNCC1CN(C(=O)Nc2ccc(Cl)cc2)CCO1. The summed E-state index contributed by atoms with van der Waals surface area (Å²) in [7, 11) is 1.87. The summed E-state index contributed by atoms with van der Waals surface area (Å²) >= 11 is 5.80. The van der Waals surface area contributed by atoms with Crippen molar-refractivity contribution in [2.75, 3.05) is 38.6 Å². The van der Waals surface area contributed by atoms with Crippen molar-refractivity contribution in [3.63, 3.8) is 0 Å². The smallest absolute Gasteiger partial charge is 0.322 e. The number of rotatable bonds is 3. The number of hydrogen-bond acceptors (Lipinski definition) is 3. The van der Waals surface area contributed by atoms with E-state index in [9.17, 15) is 4.79 Å². The number of urea groups is 1. The van der Waals surface area contributed by atoms with Gasteiger partial charge >= 0.3 is 6.03 Å². The van der Waals surface area contributed by atoms with Crippen LogP contribution in [0, 0.1) is 0 Å². The van der Waals surface area contributed by atoms with Crippen LogP contribution in [0.2, 0.25) is 5.02 Å². The van der Waals surface area contributed by atoms with Gasteiger partial charge in [-0.05, 0) is 31.3 Å². The quantitative estimate of drug-likeness (QED) is 0.889. The summed E-state index contributed by atoms with van der Waals surface area (Å²) in [5.41, 5.74) is 0.742. The van der Waals surface area contributed by atoms with E-state index in [0.29, 0.717) is 24.7 Å². The number of likely N-dealkylation sites (N-methyl/N-ethyl adjacent to an activating group) is 1. The molecule has 1 aromatic carbocycles. The van der Waals surface area contributed by atoms with Gasteiger partial charge in [-0.15, -0.1) is 0 Å². The minimum atomic E-state index is -0.105. The summed E-state index contributed by atoms with van der Waals surface area (Å²) in [4.78, 5) is 13.9. The van der Waals surface area contributed by atoms with E-state index in [1.807, 2.05) is 7.05 Å². The van der Waals surface area contributed by atoms with Crippen LogP contribution in [0.3, 0.4) is 0 Å². The fraction of sp³-hybridized carbons (Fsp3) is 0.462. The van der Waals surface area contributed by atoms with Crippen molar-refractivity contribution in [1.82, 2.24) is 10.2 Å². The lowest BCUT2D eigenvalue weighted by molar-refractivity contribution is -0.00999. The molecule has 5 nitrogen and oxygen atoms in total. The van der Waals surface area contributed by atoms with E-state index in [4.69, 9.17) is 16.3 Å². The molecule has 1 aliphatic heterocycles. The van der Waals surface area contributed by atoms with Gasteiger partial charge in [-0.2, -0.15) is 0 Å². The number of anilines is 1. The minimum Gasteiger partial charge on any atom is -0.373 e. The monoisotopic (exact) mass is 283 g/mol. The van der Waals surface area contributed by atoms with Gasteiger partial charge in [0, 0.05) is 30.3 Å². The highest BCUT2D eigenvalue weighted by atomic mass is 35.5. The Morgan fingerprint density at radius 2 is 2.21 bits per heavy atom. The second-order valence-corrected chi connectivity index (χ2v) is 4.87. The summed E-state index contributed by atoms with van der Waals surface area (Å²) < 4.78 is 5.56. The average Bonchev–Trinajstić information content (AvgIpc) is 2.42. The molecule has 1 unspecified atom stereocenters. The molecule has 0 aliphatic carbocycles. The number of nitrogens with zero attached hydrogens (tertiary/aromatic N) is 1. The molecule has 1 heterocycles. The molecule has 1 aliphatic rings. The molecular formula is C13H18ClN3O2. The Morgan fingerprint density at radius 1 is 1.47 bits per heavy atom. The van der Waals surface area contributed by atoms with Gasteiger partial charge in [-0.25, -0.2) is 4.79 Å². The number of ether oxygens (including phenoxy) is 1. The molecule has 6 heteroatoms. The van der Waals surface area contributed by atoms with Gasteiger partial charge in [0.05, 0.1) is 12.7 Å². The number of nitrogens with one attached hydrogen (secondary N) is 2. The molecule has 1 saturated heterocycles. The van der Waals surface area contributed by atoms with Crippen LogP contribution in [0.25, 0.3) is 0 Å². The van der Waals surface area contributed by atoms with Gasteiger partial charge in [0.2, 0.25) is 0 Å². The first-order chi connectivity index (χ1) is 9.19. The summed E-state index contributed by atoms with van der Waals surface area (Å²) in [5, 5.41) is 6.56. The van der Waals surface area contributed by atoms with E-state index in [-0.39, 0.29) is 12.1 Å². The van der Waals surface area contributed by atoms with Crippen molar-refractivity contribution in [3.8, 4) is 0 Å². The van der Waals surface area contributed by atoms with Crippen LogP contribution in [0.1, 0.15) is 0 Å². The Hall–Kier alpha value is -1.30. The first kappa shape index (κ1) is 14.1. The Balaban J connectivity index is 1.90. The highest BCUT2D eigenvalue weighted by molar-refractivity contribution is 6.30. The molecule has 0 radical (unpaired) electrons. The Morgan fingerprint density at radius 3 is 2.89 bits per heavy atom. The van der Waals surface area contributed by atoms with Gasteiger partial charge in [0.15, 0.2) is 0 Å². The van der Waals surface area contributed by atoms with E-state index in [1.54, 1.807) is 29.2 Å². The number of hydrogen-bond donors (Lipinski definition) is 2. The minimum absolute atomic E-state index is 0.0507. The molecule has 2 N–H and O–H groups in total. The third kappa shape index (κ3) is 4.09. The van der Waals surface area contributed by atoms with Crippen molar-refractivity contribution in [3.05, 3.63) is 29.3 Å². The molecule has 2 rings (SSSR count). The van der Waals surface area contributed by atoms with E-state index >= 15 is 0 Å². The number of morpholine rings is 1. The van der Waals surface area contributed by atoms with Gasteiger partial charge in [0.25, 0.3) is 0 Å². The third-order valence-corrected chi connectivity index (χ3v) is 3.21. The largest absolute Gasteiger partial charge is 0.373 e. The third-order valence-electron chi connectivity index (χ3n) is 2.95. The number of halogens is 1.